The van der Waals surface area contributed by atoms with Crippen molar-refractivity contribution in [3.05, 3.63) is 46.0 Å². The van der Waals surface area contributed by atoms with Crippen LogP contribution in [0.5, 0.6) is 0 Å². The molecular formula is C15H19N3O2. The molecule has 106 valence electrons. The second kappa shape index (κ2) is 4.68. The van der Waals surface area contributed by atoms with E-state index in [-0.39, 0.29) is 5.56 Å². The number of rotatable bonds is 3. The van der Waals surface area contributed by atoms with Crippen LogP contribution in [0.3, 0.4) is 0 Å². The van der Waals surface area contributed by atoms with Crippen LogP contribution in [0.15, 0.2) is 29.2 Å². The average molecular weight is 273 g/mol. The van der Waals surface area contributed by atoms with Crippen LogP contribution in [0, 0.1) is 6.92 Å². The van der Waals surface area contributed by atoms with E-state index < -0.39 is 5.60 Å². The molecule has 20 heavy (non-hydrogen) atoms. The quantitative estimate of drug-likeness (QED) is 0.876. The van der Waals surface area contributed by atoms with Gasteiger partial charge in [-0.25, -0.2) is 4.98 Å². The first-order chi connectivity index (χ1) is 9.46. The van der Waals surface area contributed by atoms with Crippen LogP contribution in [-0.2, 0) is 6.54 Å². The van der Waals surface area contributed by atoms with Crippen molar-refractivity contribution in [3.8, 4) is 0 Å². The molecule has 5 heteroatoms. The summed E-state index contributed by atoms with van der Waals surface area (Å²) in [6.07, 6.45) is 3.23. The lowest BCUT2D eigenvalue weighted by Gasteiger charge is -2.41. The minimum Gasteiger partial charge on any atom is -0.390 e. The highest BCUT2D eigenvalue weighted by atomic mass is 16.3. The maximum atomic E-state index is 12.2. The van der Waals surface area contributed by atoms with Crippen molar-refractivity contribution in [2.75, 3.05) is 0 Å². The molecule has 1 aliphatic rings. The fourth-order valence-corrected chi connectivity index (χ4v) is 2.78. The summed E-state index contributed by atoms with van der Waals surface area (Å²) in [7, 11) is 0. The summed E-state index contributed by atoms with van der Waals surface area (Å²) in [6.45, 7) is 4.22. The number of nitrogens with one attached hydrogen (secondary N) is 1. The normalized spacial score (nSPS) is 25.6. The molecule has 0 aromatic carbocycles. The van der Waals surface area contributed by atoms with Gasteiger partial charge in [-0.1, -0.05) is 6.07 Å². The smallest absolute Gasteiger partial charge is 0.261 e. The SMILES string of the molecule is Cc1c(CNC2CC(C)(O)C2)nc2ccccn2c1=O. The van der Waals surface area contributed by atoms with E-state index in [1.807, 2.05) is 32.0 Å². The van der Waals surface area contributed by atoms with Gasteiger partial charge in [-0.15, -0.1) is 0 Å². The van der Waals surface area contributed by atoms with Gasteiger partial charge >= 0.3 is 0 Å². The van der Waals surface area contributed by atoms with Gasteiger partial charge in [0.05, 0.1) is 11.3 Å². The number of aromatic nitrogens is 2. The summed E-state index contributed by atoms with van der Waals surface area (Å²) < 4.78 is 1.56. The molecule has 1 aliphatic carbocycles. The Balaban J connectivity index is 1.82. The van der Waals surface area contributed by atoms with Gasteiger partial charge in [-0.3, -0.25) is 9.20 Å². The van der Waals surface area contributed by atoms with Crippen molar-refractivity contribution in [1.82, 2.24) is 14.7 Å². The molecule has 0 saturated heterocycles. The molecule has 2 N–H and O–H groups in total. The summed E-state index contributed by atoms with van der Waals surface area (Å²) >= 11 is 0. The van der Waals surface area contributed by atoms with Gasteiger partial charge in [0.25, 0.3) is 5.56 Å². The number of hydrogen-bond acceptors (Lipinski definition) is 4. The van der Waals surface area contributed by atoms with E-state index in [0.29, 0.717) is 23.8 Å². The predicted octanol–water partition coefficient (Wildman–Crippen LogP) is 1.01. The average Bonchev–Trinajstić information content (AvgIpc) is 2.39. The molecule has 0 radical (unpaired) electrons. The Kier molecular flexibility index (Phi) is 3.11. The number of hydrogen-bond donors (Lipinski definition) is 2. The lowest BCUT2D eigenvalue weighted by Crippen LogP contribution is -2.51. The first-order valence-electron chi connectivity index (χ1n) is 6.89. The van der Waals surface area contributed by atoms with Crippen molar-refractivity contribution in [3.63, 3.8) is 0 Å². The minimum atomic E-state index is -0.539. The Labute approximate surface area is 117 Å². The zero-order valence-electron chi connectivity index (χ0n) is 11.8. The van der Waals surface area contributed by atoms with E-state index in [2.05, 4.69) is 10.3 Å². The van der Waals surface area contributed by atoms with Gasteiger partial charge < -0.3 is 10.4 Å². The number of nitrogens with zero attached hydrogens (tertiary/aromatic N) is 2. The van der Waals surface area contributed by atoms with Gasteiger partial charge in [0.2, 0.25) is 0 Å². The Hall–Kier alpha value is -1.72. The minimum absolute atomic E-state index is 0.0204. The van der Waals surface area contributed by atoms with Gasteiger partial charge in [-0.2, -0.15) is 0 Å². The zero-order chi connectivity index (χ0) is 14.3. The third-order valence-electron chi connectivity index (χ3n) is 3.99. The molecule has 3 rings (SSSR count). The summed E-state index contributed by atoms with van der Waals surface area (Å²) in [6, 6.07) is 5.83. The fraction of sp³-hybridized carbons (Fsp3) is 0.467. The van der Waals surface area contributed by atoms with Crippen LogP contribution in [0.4, 0.5) is 0 Å². The van der Waals surface area contributed by atoms with Gasteiger partial charge in [0, 0.05) is 24.3 Å². The van der Waals surface area contributed by atoms with Gasteiger partial charge in [-0.05, 0) is 38.8 Å². The first kappa shape index (κ1) is 13.3. The molecule has 0 atom stereocenters. The highest BCUT2D eigenvalue weighted by molar-refractivity contribution is 5.40. The Bertz CT molecular complexity index is 698. The molecule has 1 saturated carbocycles. The summed E-state index contributed by atoms with van der Waals surface area (Å²) in [4.78, 5) is 16.8. The fourth-order valence-electron chi connectivity index (χ4n) is 2.78. The second-order valence-corrected chi connectivity index (χ2v) is 5.90. The number of fused-ring (bicyclic) bond motifs is 1. The summed E-state index contributed by atoms with van der Waals surface area (Å²) in [5.41, 5.74) is 1.57. The van der Waals surface area contributed by atoms with E-state index in [0.717, 1.165) is 18.5 Å². The Morgan fingerprint density at radius 3 is 2.95 bits per heavy atom. The van der Waals surface area contributed by atoms with Crippen molar-refractivity contribution < 1.29 is 5.11 Å². The largest absolute Gasteiger partial charge is 0.390 e. The Morgan fingerprint density at radius 1 is 1.50 bits per heavy atom. The maximum Gasteiger partial charge on any atom is 0.261 e. The molecular weight excluding hydrogens is 254 g/mol. The summed E-state index contributed by atoms with van der Waals surface area (Å²) in [5, 5.41) is 13.1. The van der Waals surface area contributed by atoms with E-state index in [1.54, 1.807) is 10.6 Å². The molecule has 1 fully saturated rings. The molecule has 0 bridgehead atoms. The monoisotopic (exact) mass is 273 g/mol. The molecule has 2 heterocycles. The van der Waals surface area contributed by atoms with Crippen molar-refractivity contribution in [1.29, 1.82) is 0 Å². The molecule has 0 unspecified atom stereocenters. The lowest BCUT2D eigenvalue weighted by molar-refractivity contribution is -0.0394. The predicted molar refractivity (Wildman–Crippen MR) is 76.7 cm³/mol. The molecule has 0 spiro atoms. The molecule has 5 nitrogen and oxygen atoms in total. The highest BCUT2D eigenvalue weighted by Crippen LogP contribution is 2.31. The van der Waals surface area contributed by atoms with Crippen molar-refractivity contribution in [2.45, 2.75) is 44.9 Å². The third kappa shape index (κ3) is 2.34. The van der Waals surface area contributed by atoms with Crippen molar-refractivity contribution in [2.24, 2.45) is 0 Å². The van der Waals surface area contributed by atoms with Crippen LogP contribution in [-0.4, -0.2) is 26.1 Å². The molecule has 2 aromatic heterocycles. The van der Waals surface area contributed by atoms with Crippen molar-refractivity contribution >= 4 is 5.65 Å². The second-order valence-electron chi connectivity index (χ2n) is 5.90. The first-order valence-corrected chi connectivity index (χ1v) is 6.89. The third-order valence-corrected chi connectivity index (χ3v) is 3.99. The molecule has 2 aromatic rings. The summed E-state index contributed by atoms with van der Waals surface area (Å²) in [5.74, 6) is 0. The van der Waals surface area contributed by atoms with Crippen LogP contribution in [0.1, 0.15) is 31.0 Å². The van der Waals surface area contributed by atoms with Crippen LogP contribution in [0.2, 0.25) is 0 Å². The number of aliphatic hydroxyl groups is 1. The molecule has 0 aliphatic heterocycles. The molecule has 0 amide bonds. The maximum absolute atomic E-state index is 12.2. The van der Waals surface area contributed by atoms with E-state index >= 15 is 0 Å². The van der Waals surface area contributed by atoms with Gasteiger partial charge in [0.15, 0.2) is 0 Å². The zero-order valence-corrected chi connectivity index (χ0v) is 11.8. The standard InChI is InChI=1S/C15H19N3O2/c1-10-12(9-16-11-7-15(2,20)8-11)17-13-5-3-4-6-18(13)14(10)19/h3-6,11,16,20H,7-9H2,1-2H3. The van der Waals surface area contributed by atoms with Gasteiger partial charge in [0.1, 0.15) is 5.65 Å². The number of pyridine rings is 1. The Morgan fingerprint density at radius 2 is 2.25 bits per heavy atom. The van der Waals surface area contributed by atoms with Crippen LogP contribution < -0.4 is 10.9 Å². The topological polar surface area (TPSA) is 66.6 Å². The van der Waals surface area contributed by atoms with Crippen LogP contribution >= 0.6 is 0 Å². The van der Waals surface area contributed by atoms with E-state index in [4.69, 9.17) is 0 Å². The van der Waals surface area contributed by atoms with E-state index in [1.165, 1.54) is 0 Å². The van der Waals surface area contributed by atoms with Crippen LogP contribution in [0.25, 0.3) is 5.65 Å². The highest BCUT2D eigenvalue weighted by Gasteiger charge is 2.37. The van der Waals surface area contributed by atoms with E-state index in [9.17, 15) is 9.90 Å². The lowest BCUT2D eigenvalue weighted by atomic mass is 9.77.